The van der Waals surface area contributed by atoms with Crippen LogP contribution in [0.2, 0.25) is 5.02 Å². The molecule has 2 amide bonds. The van der Waals surface area contributed by atoms with Crippen molar-refractivity contribution >= 4 is 46.8 Å². The van der Waals surface area contributed by atoms with Crippen LogP contribution in [0.15, 0.2) is 47.4 Å². The molecule has 0 unspecified atom stereocenters. The number of nitrogens with zero attached hydrogens (tertiary/aromatic N) is 1. The van der Waals surface area contributed by atoms with Gasteiger partial charge in [0, 0.05) is 28.7 Å². The second-order valence-corrected chi connectivity index (χ2v) is 8.39. The Labute approximate surface area is 184 Å². The van der Waals surface area contributed by atoms with Crippen LogP contribution in [0.3, 0.4) is 0 Å². The van der Waals surface area contributed by atoms with E-state index in [1.165, 1.54) is 11.8 Å². The van der Waals surface area contributed by atoms with E-state index in [-0.39, 0.29) is 11.7 Å². The number of esters is 1. The molecule has 30 heavy (non-hydrogen) atoms. The van der Waals surface area contributed by atoms with Crippen molar-refractivity contribution in [2.45, 2.75) is 24.7 Å². The maximum atomic E-state index is 12.5. The molecular weight excluding hydrogens is 424 g/mol. The van der Waals surface area contributed by atoms with Gasteiger partial charge in [0.25, 0.3) is 5.91 Å². The Morgan fingerprint density at radius 2 is 1.87 bits per heavy atom. The lowest BCUT2D eigenvalue weighted by Crippen LogP contribution is -2.29. The fourth-order valence-corrected chi connectivity index (χ4v) is 4.16. The molecule has 1 heterocycles. The summed E-state index contributed by atoms with van der Waals surface area (Å²) in [6.45, 7) is 3.04. The summed E-state index contributed by atoms with van der Waals surface area (Å²) in [5.41, 5.74) is 1.77. The van der Waals surface area contributed by atoms with Gasteiger partial charge in [-0.2, -0.15) is 0 Å². The molecule has 1 aliphatic rings. The molecule has 6 nitrogen and oxygen atoms in total. The number of aryl methyl sites for hydroxylation is 1. The molecule has 2 aromatic carbocycles. The molecule has 0 aliphatic carbocycles. The van der Waals surface area contributed by atoms with Crippen LogP contribution in [0, 0.1) is 6.92 Å². The van der Waals surface area contributed by atoms with Gasteiger partial charge < -0.3 is 15.0 Å². The third kappa shape index (κ3) is 6.00. The van der Waals surface area contributed by atoms with Gasteiger partial charge in [0.05, 0.1) is 11.3 Å². The summed E-state index contributed by atoms with van der Waals surface area (Å²) in [6, 6.07) is 12.1. The Morgan fingerprint density at radius 1 is 1.13 bits per heavy atom. The molecule has 0 radical (unpaired) electrons. The largest absolute Gasteiger partial charge is 0.452 e. The van der Waals surface area contributed by atoms with E-state index < -0.39 is 18.5 Å². The second-order valence-electron chi connectivity index (χ2n) is 6.96. The van der Waals surface area contributed by atoms with Crippen molar-refractivity contribution in [2.75, 3.05) is 30.8 Å². The SMILES string of the molecule is Cc1ccc(NC(=O)COC(=O)c2ccccc2SCC(=O)N2CCCC2)cc1Cl. The van der Waals surface area contributed by atoms with Crippen molar-refractivity contribution in [3.63, 3.8) is 0 Å². The predicted molar refractivity (Wildman–Crippen MR) is 118 cm³/mol. The minimum absolute atomic E-state index is 0.0665. The minimum atomic E-state index is -0.608. The highest BCUT2D eigenvalue weighted by molar-refractivity contribution is 8.00. The number of ether oxygens (including phenoxy) is 1. The summed E-state index contributed by atoms with van der Waals surface area (Å²) in [5.74, 6) is -0.739. The maximum absolute atomic E-state index is 12.5. The van der Waals surface area contributed by atoms with E-state index in [0.717, 1.165) is 31.5 Å². The topological polar surface area (TPSA) is 75.7 Å². The smallest absolute Gasteiger partial charge is 0.339 e. The fourth-order valence-electron chi connectivity index (χ4n) is 3.03. The predicted octanol–water partition coefficient (Wildman–Crippen LogP) is 4.16. The molecule has 0 saturated carbocycles. The number of thioether (sulfide) groups is 1. The number of carbonyl (C=O) groups excluding carboxylic acids is 3. The zero-order chi connectivity index (χ0) is 21.5. The highest BCUT2D eigenvalue weighted by atomic mass is 35.5. The van der Waals surface area contributed by atoms with Gasteiger partial charge in [-0.1, -0.05) is 29.8 Å². The number of anilines is 1. The standard InChI is InChI=1S/C22H23ClN2O4S/c1-15-8-9-16(12-18(15)23)24-20(26)13-29-22(28)17-6-2-3-7-19(17)30-14-21(27)25-10-4-5-11-25/h2-3,6-9,12H,4-5,10-11,13-14H2,1H3,(H,24,26). The Morgan fingerprint density at radius 3 is 2.60 bits per heavy atom. The van der Waals surface area contributed by atoms with E-state index in [4.69, 9.17) is 16.3 Å². The molecule has 1 fully saturated rings. The highest BCUT2D eigenvalue weighted by Crippen LogP contribution is 2.24. The summed E-state index contributed by atoms with van der Waals surface area (Å²) in [5, 5.41) is 3.19. The van der Waals surface area contributed by atoms with Gasteiger partial charge in [-0.25, -0.2) is 4.79 Å². The summed E-state index contributed by atoms with van der Waals surface area (Å²) in [4.78, 5) is 39.4. The Hall–Kier alpha value is -2.51. The van der Waals surface area contributed by atoms with Crippen LogP contribution in [-0.4, -0.2) is 48.1 Å². The summed E-state index contributed by atoms with van der Waals surface area (Å²) in [7, 11) is 0. The Balaban J connectivity index is 1.54. The second kappa shape index (κ2) is 10.5. The van der Waals surface area contributed by atoms with Gasteiger partial charge in [0.15, 0.2) is 6.61 Å². The lowest BCUT2D eigenvalue weighted by atomic mass is 10.2. The number of likely N-dealkylation sites (tertiary alicyclic amines) is 1. The van der Waals surface area contributed by atoms with E-state index in [9.17, 15) is 14.4 Å². The van der Waals surface area contributed by atoms with Crippen LogP contribution >= 0.6 is 23.4 Å². The first-order valence-electron chi connectivity index (χ1n) is 9.67. The number of carbonyl (C=O) groups is 3. The van der Waals surface area contributed by atoms with E-state index >= 15 is 0 Å². The lowest BCUT2D eigenvalue weighted by Gasteiger charge is -2.15. The van der Waals surface area contributed by atoms with Crippen molar-refractivity contribution in [3.8, 4) is 0 Å². The van der Waals surface area contributed by atoms with Crippen LogP contribution in [0.4, 0.5) is 5.69 Å². The molecule has 1 N–H and O–H groups in total. The minimum Gasteiger partial charge on any atom is -0.452 e. The van der Waals surface area contributed by atoms with E-state index in [1.54, 1.807) is 42.5 Å². The maximum Gasteiger partial charge on any atom is 0.339 e. The quantitative estimate of drug-likeness (QED) is 0.510. The molecule has 3 rings (SSSR count). The Kier molecular flexibility index (Phi) is 7.76. The lowest BCUT2D eigenvalue weighted by molar-refractivity contribution is -0.127. The van der Waals surface area contributed by atoms with Gasteiger partial charge in [-0.05, 0) is 49.6 Å². The van der Waals surface area contributed by atoms with Gasteiger partial charge >= 0.3 is 5.97 Å². The average molecular weight is 447 g/mol. The van der Waals surface area contributed by atoms with Gasteiger partial charge in [0.1, 0.15) is 0 Å². The third-order valence-corrected chi connectivity index (χ3v) is 6.17. The molecule has 8 heteroatoms. The molecule has 0 atom stereocenters. The summed E-state index contributed by atoms with van der Waals surface area (Å²) < 4.78 is 5.17. The monoisotopic (exact) mass is 446 g/mol. The molecule has 0 aromatic heterocycles. The first-order valence-corrected chi connectivity index (χ1v) is 11.0. The van der Waals surface area contributed by atoms with Crippen LogP contribution in [0.5, 0.6) is 0 Å². The first-order chi connectivity index (χ1) is 14.4. The number of halogens is 1. The van der Waals surface area contributed by atoms with Crippen molar-refractivity contribution in [2.24, 2.45) is 0 Å². The van der Waals surface area contributed by atoms with Gasteiger partial charge in [-0.3, -0.25) is 9.59 Å². The number of amides is 2. The first kappa shape index (κ1) is 22.2. The van der Waals surface area contributed by atoms with E-state index in [0.29, 0.717) is 21.2 Å². The normalized spacial score (nSPS) is 13.2. The molecular formula is C22H23ClN2O4S. The van der Waals surface area contributed by atoms with E-state index in [2.05, 4.69) is 5.32 Å². The molecule has 1 saturated heterocycles. The molecule has 158 valence electrons. The molecule has 1 aliphatic heterocycles. The third-order valence-electron chi connectivity index (χ3n) is 4.71. The fraction of sp³-hybridized carbons (Fsp3) is 0.318. The number of hydrogen-bond donors (Lipinski definition) is 1. The van der Waals surface area contributed by atoms with Crippen molar-refractivity contribution in [1.29, 1.82) is 0 Å². The number of rotatable bonds is 7. The summed E-state index contributed by atoms with van der Waals surface area (Å²) >= 11 is 7.35. The van der Waals surface area contributed by atoms with Crippen LogP contribution in [0.25, 0.3) is 0 Å². The summed E-state index contributed by atoms with van der Waals surface area (Å²) in [6.07, 6.45) is 2.08. The Bertz CT molecular complexity index is 944. The van der Waals surface area contributed by atoms with Crippen molar-refractivity contribution in [3.05, 3.63) is 58.6 Å². The molecule has 0 spiro atoms. The van der Waals surface area contributed by atoms with Crippen LogP contribution in [-0.2, 0) is 14.3 Å². The van der Waals surface area contributed by atoms with Gasteiger partial charge in [0.2, 0.25) is 5.91 Å². The van der Waals surface area contributed by atoms with Crippen molar-refractivity contribution in [1.82, 2.24) is 4.90 Å². The van der Waals surface area contributed by atoms with Crippen molar-refractivity contribution < 1.29 is 19.1 Å². The molecule has 2 aromatic rings. The zero-order valence-corrected chi connectivity index (χ0v) is 18.2. The van der Waals surface area contributed by atoms with Crippen LogP contribution < -0.4 is 5.32 Å². The van der Waals surface area contributed by atoms with Crippen LogP contribution in [0.1, 0.15) is 28.8 Å². The zero-order valence-electron chi connectivity index (χ0n) is 16.7. The molecule has 0 bridgehead atoms. The number of nitrogens with one attached hydrogen (secondary N) is 1. The highest BCUT2D eigenvalue weighted by Gasteiger charge is 2.20. The van der Waals surface area contributed by atoms with E-state index in [1.807, 2.05) is 11.8 Å². The number of benzene rings is 2. The average Bonchev–Trinajstić information content (AvgIpc) is 3.28. The van der Waals surface area contributed by atoms with Gasteiger partial charge in [-0.15, -0.1) is 11.8 Å². The number of hydrogen-bond acceptors (Lipinski definition) is 5.